The lowest BCUT2D eigenvalue weighted by molar-refractivity contribution is 0.0793. The van der Waals surface area contributed by atoms with E-state index in [9.17, 15) is 4.79 Å². The van der Waals surface area contributed by atoms with Gasteiger partial charge >= 0.3 is 0 Å². The summed E-state index contributed by atoms with van der Waals surface area (Å²) in [6, 6.07) is 13.0. The van der Waals surface area contributed by atoms with Crippen LogP contribution in [-0.2, 0) is 13.1 Å². The first-order chi connectivity index (χ1) is 11.7. The molecule has 3 heterocycles. The van der Waals surface area contributed by atoms with Crippen LogP contribution in [0.25, 0.3) is 0 Å². The van der Waals surface area contributed by atoms with Crippen LogP contribution in [0.2, 0.25) is 0 Å². The maximum atomic E-state index is 12.4. The van der Waals surface area contributed by atoms with E-state index in [1.165, 1.54) is 11.3 Å². The van der Waals surface area contributed by atoms with Gasteiger partial charge in [0, 0.05) is 56.2 Å². The fraction of sp³-hybridized carbons (Fsp3) is 0.450. The van der Waals surface area contributed by atoms with Crippen molar-refractivity contribution in [3.8, 4) is 0 Å². The molecule has 0 radical (unpaired) electrons. The second-order valence-electron chi connectivity index (χ2n) is 6.97. The molecule has 1 aromatic heterocycles. The van der Waals surface area contributed by atoms with Crippen molar-refractivity contribution in [3.05, 3.63) is 59.4 Å². The Balaban J connectivity index is 1.43. The van der Waals surface area contributed by atoms with Crippen LogP contribution in [0.15, 0.2) is 42.6 Å². The number of aromatic nitrogens is 1. The van der Waals surface area contributed by atoms with Crippen LogP contribution in [0.3, 0.4) is 0 Å². The van der Waals surface area contributed by atoms with Crippen LogP contribution in [0.1, 0.15) is 47.4 Å². The molecule has 1 aromatic carbocycles. The summed E-state index contributed by atoms with van der Waals surface area (Å²) in [5.41, 5.74) is 3.49. The summed E-state index contributed by atoms with van der Waals surface area (Å²) in [6.07, 6.45) is 4.44. The van der Waals surface area contributed by atoms with E-state index < -0.39 is 0 Å². The van der Waals surface area contributed by atoms with E-state index in [4.69, 9.17) is 0 Å². The van der Waals surface area contributed by atoms with Gasteiger partial charge in [0.25, 0.3) is 5.91 Å². The normalized spacial score (nSPS) is 21.0. The largest absolute Gasteiger partial charge is 0.349 e. The Hall–Kier alpha value is -2.07. The number of carbonyl (C=O) groups excluding carboxylic acids is 1. The van der Waals surface area contributed by atoms with Crippen LogP contribution < -0.4 is 0 Å². The number of rotatable bonds is 3. The predicted octanol–water partition coefficient (Wildman–Crippen LogP) is 3.30. The molecule has 126 valence electrons. The van der Waals surface area contributed by atoms with Crippen LogP contribution in [-0.4, -0.2) is 39.9 Å². The van der Waals surface area contributed by atoms with Gasteiger partial charge in [-0.1, -0.05) is 12.1 Å². The van der Waals surface area contributed by atoms with Gasteiger partial charge in [0.2, 0.25) is 0 Å². The molecule has 4 nitrogen and oxygen atoms in total. The molecule has 1 atom stereocenters. The highest BCUT2D eigenvalue weighted by Gasteiger charge is 2.23. The quantitative estimate of drug-likeness (QED) is 0.867. The number of carbonyl (C=O) groups is 1. The van der Waals surface area contributed by atoms with Crippen LogP contribution in [0.4, 0.5) is 0 Å². The molecule has 2 aliphatic heterocycles. The molecule has 1 fully saturated rings. The second kappa shape index (κ2) is 6.44. The summed E-state index contributed by atoms with van der Waals surface area (Å²) < 4.78 is 2.35. The van der Waals surface area contributed by atoms with Gasteiger partial charge < -0.3 is 9.47 Å². The van der Waals surface area contributed by atoms with Crippen molar-refractivity contribution in [2.45, 2.75) is 38.9 Å². The Morgan fingerprint density at radius 3 is 2.54 bits per heavy atom. The highest BCUT2D eigenvalue weighted by atomic mass is 16.2. The van der Waals surface area contributed by atoms with Gasteiger partial charge in [-0.15, -0.1) is 0 Å². The molecular formula is C20H25N3O. The molecule has 24 heavy (non-hydrogen) atoms. The van der Waals surface area contributed by atoms with Crippen molar-refractivity contribution in [3.63, 3.8) is 0 Å². The summed E-state index contributed by atoms with van der Waals surface area (Å²) >= 11 is 0. The Morgan fingerprint density at radius 2 is 1.79 bits per heavy atom. The first kappa shape index (κ1) is 15.5. The number of nitrogens with zero attached hydrogens (tertiary/aromatic N) is 3. The van der Waals surface area contributed by atoms with Gasteiger partial charge in [-0.05, 0) is 49.6 Å². The first-order valence-corrected chi connectivity index (χ1v) is 9.00. The first-order valence-electron chi connectivity index (χ1n) is 9.00. The molecular weight excluding hydrogens is 298 g/mol. The number of likely N-dealkylation sites (tertiary alicyclic amines) is 1. The lowest BCUT2D eigenvalue weighted by Crippen LogP contribution is -2.35. The van der Waals surface area contributed by atoms with E-state index in [0.717, 1.165) is 51.1 Å². The van der Waals surface area contributed by atoms with E-state index in [0.29, 0.717) is 6.04 Å². The predicted molar refractivity (Wildman–Crippen MR) is 94.8 cm³/mol. The highest BCUT2D eigenvalue weighted by Crippen LogP contribution is 2.27. The summed E-state index contributed by atoms with van der Waals surface area (Å²) in [6.45, 7) is 7.15. The van der Waals surface area contributed by atoms with Crippen LogP contribution in [0.5, 0.6) is 0 Å². The molecule has 4 heteroatoms. The molecule has 2 aliphatic rings. The lowest BCUT2D eigenvalue weighted by atomic mass is 10.1. The average Bonchev–Trinajstić information content (AvgIpc) is 3.29. The summed E-state index contributed by atoms with van der Waals surface area (Å²) in [4.78, 5) is 16.9. The van der Waals surface area contributed by atoms with E-state index >= 15 is 0 Å². The molecule has 4 rings (SSSR count). The fourth-order valence-corrected chi connectivity index (χ4v) is 3.93. The number of fused-ring (bicyclic) bond motifs is 1. The minimum absolute atomic E-state index is 0.184. The third-order valence-corrected chi connectivity index (χ3v) is 5.45. The standard InChI is InChI=1S/C20H25N3O/c1-16-19-5-4-12-21(19)13-14-23(16)15-17-6-8-18(9-7-17)20(24)22-10-2-3-11-22/h4-9,12,16H,2-3,10-11,13-15H2,1H3. The molecule has 0 saturated carbocycles. The molecule has 0 N–H and O–H groups in total. The Kier molecular flexibility index (Phi) is 4.15. The fourth-order valence-electron chi connectivity index (χ4n) is 3.93. The number of hydrogen-bond acceptors (Lipinski definition) is 2. The minimum atomic E-state index is 0.184. The summed E-state index contributed by atoms with van der Waals surface area (Å²) in [5.74, 6) is 0.184. The molecule has 1 unspecified atom stereocenters. The zero-order valence-electron chi connectivity index (χ0n) is 14.3. The summed E-state index contributed by atoms with van der Waals surface area (Å²) in [7, 11) is 0. The van der Waals surface area contributed by atoms with Crippen molar-refractivity contribution in [2.24, 2.45) is 0 Å². The van der Waals surface area contributed by atoms with E-state index in [-0.39, 0.29) is 5.91 Å². The number of amides is 1. The maximum absolute atomic E-state index is 12.4. The lowest BCUT2D eigenvalue weighted by Gasteiger charge is -2.35. The van der Waals surface area contributed by atoms with E-state index in [2.05, 4.69) is 46.9 Å². The van der Waals surface area contributed by atoms with Crippen molar-refractivity contribution < 1.29 is 4.79 Å². The van der Waals surface area contributed by atoms with E-state index in [1.54, 1.807) is 0 Å². The molecule has 0 bridgehead atoms. The third kappa shape index (κ3) is 2.86. The smallest absolute Gasteiger partial charge is 0.253 e. The van der Waals surface area contributed by atoms with Gasteiger partial charge in [-0.3, -0.25) is 9.69 Å². The Labute approximate surface area is 143 Å². The molecule has 0 aliphatic carbocycles. The van der Waals surface area contributed by atoms with E-state index in [1.807, 2.05) is 17.0 Å². The topological polar surface area (TPSA) is 28.5 Å². The van der Waals surface area contributed by atoms with Gasteiger partial charge in [-0.25, -0.2) is 0 Å². The van der Waals surface area contributed by atoms with Gasteiger partial charge in [-0.2, -0.15) is 0 Å². The van der Waals surface area contributed by atoms with Crippen LogP contribution >= 0.6 is 0 Å². The van der Waals surface area contributed by atoms with Gasteiger partial charge in [0.05, 0.1) is 0 Å². The molecule has 1 saturated heterocycles. The Morgan fingerprint density at radius 1 is 1.04 bits per heavy atom. The van der Waals surface area contributed by atoms with Crippen LogP contribution in [0, 0.1) is 0 Å². The monoisotopic (exact) mass is 323 g/mol. The van der Waals surface area contributed by atoms with Crippen molar-refractivity contribution in [2.75, 3.05) is 19.6 Å². The molecule has 2 aromatic rings. The van der Waals surface area contributed by atoms with Crippen molar-refractivity contribution >= 4 is 5.91 Å². The zero-order valence-corrected chi connectivity index (χ0v) is 14.3. The number of hydrogen-bond donors (Lipinski definition) is 0. The Bertz CT molecular complexity index is 713. The third-order valence-electron chi connectivity index (χ3n) is 5.45. The minimum Gasteiger partial charge on any atom is -0.349 e. The van der Waals surface area contributed by atoms with Crippen molar-refractivity contribution in [1.29, 1.82) is 0 Å². The van der Waals surface area contributed by atoms with Gasteiger partial charge in [0.1, 0.15) is 0 Å². The van der Waals surface area contributed by atoms with Crippen molar-refractivity contribution in [1.82, 2.24) is 14.4 Å². The maximum Gasteiger partial charge on any atom is 0.253 e. The molecule has 0 spiro atoms. The SMILES string of the molecule is CC1c2cccn2CCN1Cc1ccc(C(=O)N2CCCC2)cc1. The summed E-state index contributed by atoms with van der Waals surface area (Å²) in [5, 5.41) is 0. The number of benzene rings is 1. The zero-order chi connectivity index (χ0) is 16.5. The second-order valence-corrected chi connectivity index (χ2v) is 6.97. The van der Waals surface area contributed by atoms with Gasteiger partial charge in [0.15, 0.2) is 0 Å². The highest BCUT2D eigenvalue weighted by molar-refractivity contribution is 5.94. The average molecular weight is 323 g/mol. The molecule has 1 amide bonds.